The number of pyridine rings is 1. The summed E-state index contributed by atoms with van der Waals surface area (Å²) in [5, 5.41) is 8.76. The molecule has 180 valence electrons. The van der Waals surface area contributed by atoms with Crippen molar-refractivity contribution in [2.24, 2.45) is 0 Å². The van der Waals surface area contributed by atoms with Gasteiger partial charge >= 0.3 is 0 Å². The van der Waals surface area contributed by atoms with E-state index in [-0.39, 0.29) is 12.5 Å². The SMILES string of the molecule is Cc1cc(OCC(=O)Nc2ccc(C(C)C)cc2)nc2c1c(-c1ccccc1)nn2-c1ccccc1. The molecule has 0 unspecified atom stereocenters. The molecule has 0 saturated carbocycles. The number of aromatic nitrogens is 3. The van der Waals surface area contributed by atoms with Crippen LogP contribution < -0.4 is 10.1 Å². The molecule has 3 aromatic carbocycles. The zero-order chi connectivity index (χ0) is 25.1. The fourth-order valence-corrected chi connectivity index (χ4v) is 4.18. The van der Waals surface area contributed by atoms with E-state index in [0.717, 1.165) is 33.6 Å². The molecule has 0 radical (unpaired) electrons. The van der Waals surface area contributed by atoms with Gasteiger partial charge in [0, 0.05) is 17.3 Å². The first-order valence-corrected chi connectivity index (χ1v) is 12.0. The number of nitrogens with one attached hydrogen (secondary N) is 1. The Hall–Kier alpha value is -4.45. The van der Waals surface area contributed by atoms with Gasteiger partial charge < -0.3 is 10.1 Å². The number of nitrogens with zero attached hydrogens (tertiary/aromatic N) is 3. The highest BCUT2D eigenvalue weighted by Crippen LogP contribution is 2.33. The van der Waals surface area contributed by atoms with Crippen LogP contribution in [0.15, 0.2) is 91.0 Å². The Labute approximate surface area is 210 Å². The maximum absolute atomic E-state index is 12.5. The number of benzene rings is 3. The first kappa shape index (κ1) is 23.3. The Balaban J connectivity index is 1.43. The molecule has 1 N–H and O–H groups in total. The van der Waals surface area contributed by atoms with E-state index in [1.807, 2.05) is 103 Å². The molecule has 0 aliphatic heterocycles. The van der Waals surface area contributed by atoms with Gasteiger partial charge in [-0.1, -0.05) is 74.5 Å². The lowest BCUT2D eigenvalue weighted by Crippen LogP contribution is -2.20. The van der Waals surface area contributed by atoms with E-state index < -0.39 is 0 Å². The molecule has 36 heavy (non-hydrogen) atoms. The minimum absolute atomic E-state index is 0.144. The molecule has 0 bridgehead atoms. The average molecular weight is 477 g/mol. The predicted molar refractivity (Wildman–Crippen MR) is 144 cm³/mol. The minimum atomic E-state index is -0.242. The molecule has 0 fully saturated rings. The van der Waals surface area contributed by atoms with E-state index in [2.05, 4.69) is 19.2 Å². The Morgan fingerprint density at radius 1 is 0.944 bits per heavy atom. The van der Waals surface area contributed by atoms with Gasteiger partial charge in [-0.05, 0) is 48.2 Å². The summed E-state index contributed by atoms with van der Waals surface area (Å²) in [4.78, 5) is 17.3. The molecular formula is C30H28N4O2. The molecule has 0 atom stereocenters. The number of hydrogen-bond donors (Lipinski definition) is 1. The molecule has 0 spiro atoms. The Bertz CT molecular complexity index is 1490. The second kappa shape index (κ2) is 10.0. The smallest absolute Gasteiger partial charge is 0.262 e. The van der Waals surface area contributed by atoms with Crippen molar-refractivity contribution in [1.29, 1.82) is 0 Å². The Kier molecular flexibility index (Phi) is 6.50. The predicted octanol–water partition coefficient (Wildman–Crippen LogP) is 6.54. The standard InChI is InChI=1S/C30H28N4O2/c1-20(2)22-14-16-24(17-15-22)31-26(35)19-36-27-18-21(3)28-29(23-10-6-4-7-11-23)33-34(30(28)32-27)25-12-8-5-9-13-25/h4-18,20H,19H2,1-3H3,(H,31,35). The monoisotopic (exact) mass is 476 g/mol. The van der Waals surface area contributed by atoms with Crippen molar-refractivity contribution in [2.45, 2.75) is 26.7 Å². The highest BCUT2D eigenvalue weighted by Gasteiger charge is 2.19. The largest absolute Gasteiger partial charge is 0.467 e. The van der Waals surface area contributed by atoms with E-state index in [1.165, 1.54) is 5.56 Å². The third kappa shape index (κ3) is 4.84. The van der Waals surface area contributed by atoms with Crippen LogP contribution in [0.2, 0.25) is 0 Å². The summed E-state index contributed by atoms with van der Waals surface area (Å²) in [6.07, 6.45) is 0. The first-order chi connectivity index (χ1) is 17.5. The molecule has 0 saturated heterocycles. The fraction of sp³-hybridized carbons (Fsp3) is 0.167. The number of para-hydroxylation sites is 1. The molecule has 2 aromatic heterocycles. The third-order valence-corrected chi connectivity index (χ3v) is 6.07. The van der Waals surface area contributed by atoms with Crippen LogP contribution in [0.3, 0.4) is 0 Å². The van der Waals surface area contributed by atoms with Crippen molar-refractivity contribution in [3.63, 3.8) is 0 Å². The molecule has 1 amide bonds. The van der Waals surface area contributed by atoms with Gasteiger partial charge in [-0.3, -0.25) is 4.79 Å². The number of aryl methyl sites for hydroxylation is 1. The van der Waals surface area contributed by atoms with Gasteiger partial charge in [0.25, 0.3) is 5.91 Å². The van der Waals surface area contributed by atoms with Gasteiger partial charge in [0.1, 0.15) is 5.69 Å². The number of carbonyl (C=O) groups excluding carboxylic acids is 1. The normalized spacial score (nSPS) is 11.1. The maximum atomic E-state index is 12.5. The topological polar surface area (TPSA) is 69.0 Å². The van der Waals surface area contributed by atoms with E-state index in [9.17, 15) is 4.79 Å². The molecule has 6 heteroatoms. The van der Waals surface area contributed by atoms with Crippen LogP contribution in [0.25, 0.3) is 28.0 Å². The van der Waals surface area contributed by atoms with Crippen LogP contribution >= 0.6 is 0 Å². The summed E-state index contributed by atoms with van der Waals surface area (Å²) in [5.41, 5.74) is 6.38. The summed E-state index contributed by atoms with van der Waals surface area (Å²) >= 11 is 0. The van der Waals surface area contributed by atoms with Gasteiger partial charge in [-0.2, -0.15) is 10.1 Å². The van der Waals surface area contributed by atoms with E-state index >= 15 is 0 Å². The first-order valence-electron chi connectivity index (χ1n) is 12.0. The van der Waals surface area contributed by atoms with Gasteiger partial charge in [0.2, 0.25) is 5.88 Å². The molecule has 0 aliphatic rings. The van der Waals surface area contributed by atoms with Gasteiger partial charge in [0.15, 0.2) is 12.3 Å². The van der Waals surface area contributed by atoms with Crippen molar-refractivity contribution in [3.8, 4) is 22.8 Å². The maximum Gasteiger partial charge on any atom is 0.262 e. The number of rotatable bonds is 7. The van der Waals surface area contributed by atoms with Gasteiger partial charge in [0.05, 0.1) is 11.1 Å². The van der Waals surface area contributed by atoms with Gasteiger partial charge in [-0.25, -0.2) is 4.68 Å². The molecule has 0 aliphatic carbocycles. The fourth-order valence-electron chi connectivity index (χ4n) is 4.18. The molecule has 6 nitrogen and oxygen atoms in total. The van der Waals surface area contributed by atoms with E-state index in [1.54, 1.807) is 0 Å². The van der Waals surface area contributed by atoms with Crippen molar-refractivity contribution in [2.75, 3.05) is 11.9 Å². The van der Waals surface area contributed by atoms with E-state index in [0.29, 0.717) is 17.4 Å². The van der Waals surface area contributed by atoms with E-state index in [4.69, 9.17) is 14.8 Å². The Morgan fingerprint density at radius 2 is 1.61 bits per heavy atom. The summed E-state index contributed by atoms with van der Waals surface area (Å²) < 4.78 is 7.66. The Morgan fingerprint density at radius 3 is 2.28 bits per heavy atom. The lowest BCUT2D eigenvalue weighted by molar-refractivity contribution is -0.118. The minimum Gasteiger partial charge on any atom is -0.467 e. The molecule has 5 rings (SSSR count). The van der Waals surface area contributed by atoms with Crippen LogP contribution in [-0.2, 0) is 4.79 Å². The highest BCUT2D eigenvalue weighted by atomic mass is 16.5. The zero-order valence-electron chi connectivity index (χ0n) is 20.6. The van der Waals surface area contributed by atoms with Gasteiger partial charge in [-0.15, -0.1) is 0 Å². The molecule has 2 heterocycles. The number of carbonyl (C=O) groups is 1. The summed E-state index contributed by atoms with van der Waals surface area (Å²) in [6.45, 7) is 6.14. The summed E-state index contributed by atoms with van der Waals surface area (Å²) in [7, 11) is 0. The van der Waals surface area contributed by atoms with Crippen molar-refractivity contribution in [3.05, 3.63) is 102 Å². The second-order valence-corrected chi connectivity index (χ2v) is 9.05. The number of amides is 1. The van der Waals surface area contributed by atoms with Crippen LogP contribution in [0.1, 0.15) is 30.9 Å². The van der Waals surface area contributed by atoms with Crippen molar-refractivity contribution >= 4 is 22.6 Å². The van der Waals surface area contributed by atoms with Crippen LogP contribution in [-0.4, -0.2) is 27.3 Å². The van der Waals surface area contributed by atoms with Crippen molar-refractivity contribution < 1.29 is 9.53 Å². The molecular weight excluding hydrogens is 448 g/mol. The lowest BCUT2D eigenvalue weighted by Gasteiger charge is -2.10. The third-order valence-electron chi connectivity index (χ3n) is 6.07. The average Bonchev–Trinajstić information content (AvgIpc) is 3.29. The van der Waals surface area contributed by atoms with Crippen molar-refractivity contribution in [1.82, 2.24) is 14.8 Å². The zero-order valence-corrected chi connectivity index (χ0v) is 20.6. The van der Waals surface area contributed by atoms with Crippen LogP contribution in [0, 0.1) is 6.92 Å². The van der Waals surface area contributed by atoms with Crippen LogP contribution in [0.4, 0.5) is 5.69 Å². The number of hydrogen-bond acceptors (Lipinski definition) is 4. The second-order valence-electron chi connectivity index (χ2n) is 9.05. The highest BCUT2D eigenvalue weighted by molar-refractivity contribution is 5.95. The summed E-state index contributed by atoms with van der Waals surface area (Å²) in [5.74, 6) is 0.574. The molecule has 5 aromatic rings. The van der Waals surface area contributed by atoms with Crippen LogP contribution in [0.5, 0.6) is 5.88 Å². The number of fused-ring (bicyclic) bond motifs is 1. The lowest BCUT2D eigenvalue weighted by atomic mass is 10.0. The number of anilines is 1. The summed E-state index contributed by atoms with van der Waals surface area (Å²) in [6, 6.07) is 29.7. The number of ether oxygens (including phenoxy) is 1. The quantitative estimate of drug-likeness (QED) is 0.290.